The number of fused-ring (bicyclic) bond motifs is 1. The highest BCUT2D eigenvalue weighted by Crippen LogP contribution is 2.36. The number of aromatic nitrogens is 2. The lowest BCUT2D eigenvalue weighted by Gasteiger charge is -2.18. The molecule has 1 aliphatic rings. The summed E-state index contributed by atoms with van der Waals surface area (Å²) in [6.07, 6.45) is 4.28. The molecule has 0 radical (unpaired) electrons. The van der Waals surface area contributed by atoms with Gasteiger partial charge in [0, 0.05) is 28.2 Å². The minimum Gasteiger partial charge on any atom is -0.305 e. The van der Waals surface area contributed by atoms with E-state index in [-0.39, 0.29) is 6.04 Å². The largest absolute Gasteiger partial charge is 0.305 e. The highest BCUT2D eigenvalue weighted by atomic mass is 32.2. The smallest absolute Gasteiger partial charge is 0.0841 e. The first-order chi connectivity index (χ1) is 10.3. The maximum atomic E-state index is 4.49. The van der Waals surface area contributed by atoms with Crippen molar-refractivity contribution in [2.45, 2.75) is 45.0 Å². The number of thiophene rings is 1. The van der Waals surface area contributed by atoms with Crippen LogP contribution in [0.1, 0.15) is 47.3 Å². The van der Waals surface area contributed by atoms with Crippen molar-refractivity contribution in [1.29, 1.82) is 0 Å². The second-order valence-electron chi connectivity index (χ2n) is 5.37. The first-order valence-electron chi connectivity index (χ1n) is 7.77. The van der Waals surface area contributed by atoms with Gasteiger partial charge in [-0.2, -0.15) is 16.9 Å². The van der Waals surface area contributed by atoms with Crippen molar-refractivity contribution in [3.8, 4) is 0 Å². The molecule has 1 unspecified atom stereocenters. The number of nitrogens with zero attached hydrogens (tertiary/aromatic N) is 2. The maximum Gasteiger partial charge on any atom is 0.0841 e. The predicted octanol–water partition coefficient (Wildman–Crippen LogP) is 3.84. The van der Waals surface area contributed by atoms with E-state index in [2.05, 4.69) is 52.8 Å². The Balaban J connectivity index is 1.93. The quantitative estimate of drug-likeness (QED) is 0.876. The number of hydrogen-bond acceptors (Lipinski definition) is 4. The molecule has 1 aliphatic heterocycles. The SMILES string of the molecule is CCCn1nccc1C(NCC)c1cc2c(s1)CCSC2. The molecule has 114 valence electrons. The molecule has 1 N–H and O–H groups in total. The summed E-state index contributed by atoms with van der Waals surface area (Å²) in [6.45, 7) is 6.34. The van der Waals surface area contributed by atoms with Gasteiger partial charge in [-0.15, -0.1) is 11.3 Å². The molecule has 2 aromatic heterocycles. The Morgan fingerprint density at radius 3 is 3.10 bits per heavy atom. The Bertz CT molecular complexity index is 565. The van der Waals surface area contributed by atoms with Gasteiger partial charge in [-0.05, 0) is 42.8 Å². The van der Waals surface area contributed by atoms with Crippen LogP contribution in [-0.4, -0.2) is 22.1 Å². The topological polar surface area (TPSA) is 29.9 Å². The molecule has 21 heavy (non-hydrogen) atoms. The highest BCUT2D eigenvalue weighted by molar-refractivity contribution is 7.98. The average Bonchev–Trinajstić information content (AvgIpc) is 3.11. The number of hydrogen-bond donors (Lipinski definition) is 1. The summed E-state index contributed by atoms with van der Waals surface area (Å²) in [6, 6.07) is 4.86. The van der Waals surface area contributed by atoms with Crippen molar-refractivity contribution in [3.05, 3.63) is 39.3 Å². The van der Waals surface area contributed by atoms with Crippen molar-refractivity contribution in [3.63, 3.8) is 0 Å². The summed E-state index contributed by atoms with van der Waals surface area (Å²) in [7, 11) is 0. The van der Waals surface area contributed by atoms with Crippen molar-refractivity contribution in [2.24, 2.45) is 0 Å². The summed E-state index contributed by atoms with van der Waals surface area (Å²) in [4.78, 5) is 3.04. The third kappa shape index (κ3) is 3.20. The monoisotopic (exact) mass is 321 g/mol. The predicted molar refractivity (Wildman–Crippen MR) is 92.2 cm³/mol. The minimum absolute atomic E-state index is 0.282. The van der Waals surface area contributed by atoms with E-state index in [1.54, 1.807) is 10.4 Å². The summed E-state index contributed by atoms with van der Waals surface area (Å²) in [5.41, 5.74) is 2.85. The van der Waals surface area contributed by atoms with Crippen LogP contribution in [0.25, 0.3) is 0 Å². The van der Waals surface area contributed by atoms with E-state index in [9.17, 15) is 0 Å². The Hall–Kier alpha value is -0.780. The van der Waals surface area contributed by atoms with Crippen LogP contribution < -0.4 is 5.32 Å². The molecule has 0 aliphatic carbocycles. The zero-order valence-electron chi connectivity index (χ0n) is 12.8. The lowest BCUT2D eigenvalue weighted by Crippen LogP contribution is -2.24. The second-order valence-corrected chi connectivity index (χ2v) is 7.64. The number of nitrogens with one attached hydrogen (secondary N) is 1. The summed E-state index contributed by atoms with van der Waals surface area (Å²) in [5, 5.41) is 8.15. The molecule has 1 atom stereocenters. The first kappa shape index (κ1) is 15.1. The van der Waals surface area contributed by atoms with E-state index in [4.69, 9.17) is 0 Å². The van der Waals surface area contributed by atoms with Gasteiger partial charge in [-0.25, -0.2) is 0 Å². The van der Waals surface area contributed by atoms with Gasteiger partial charge in [0.15, 0.2) is 0 Å². The molecule has 0 spiro atoms. The minimum atomic E-state index is 0.282. The third-order valence-electron chi connectivity index (χ3n) is 3.82. The fraction of sp³-hybridized carbons (Fsp3) is 0.562. The van der Waals surface area contributed by atoms with Crippen LogP contribution >= 0.6 is 23.1 Å². The number of aryl methyl sites for hydroxylation is 2. The van der Waals surface area contributed by atoms with E-state index >= 15 is 0 Å². The Kier molecular flexibility index (Phi) is 5.03. The molecule has 0 saturated carbocycles. The average molecular weight is 322 g/mol. The lowest BCUT2D eigenvalue weighted by atomic mass is 10.1. The molecule has 0 aromatic carbocycles. The van der Waals surface area contributed by atoms with Crippen LogP contribution in [-0.2, 0) is 18.7 Å². The molecule has 2 aromatic rings. The van der Waals surface area contributed by atoms with Crippen LogP contribution in [0.2, 0.25) is 0 Å². The summed E-state index contributed by atoms with van der Waals surface area (Å²) < 4.78 is 2.15. The van der Waals surface area contributed by atoms with Crippen LogP contribution in [0.3, 0.4) is 0 Å². The fourth-order valence-electron chi connectivity index (χ4n) is 2.85. The third-order valence-corrected chi connectivity index (χ3v) is 6.13. The van der Waals surface area contributed by atoms with Gasteiger partial charge in [0.1, 0.15) is 0 Å². The van der Waals surface area contributed by atoms with Gasteiger partial charge in [0.25, 0.3) is 0 Å². The molecular weight excluding hydrogens is 298 g/mol. The van der Waals surface area contributed by atoms with Crippen LogP contribution in [0.5, 0.6) is 0 Å². The fourth-order valence-corrected chi connectivity index (χ4v) is 5.32. The zero-order chi connectivity index (χ0) is 14.7. The highest BCUT2D eigenvalue weighted by Gasteiger charge is 2.22. The van der Waals surface area contributed by atoms with Crippen LogP contribution in [0, 0.1) is 0 Å². The zero-order valence-corrected chi connectivity index (χ0v) is 14.4. The van der Waals surface area contributed by atoms with Gasteiger partial charge in [0.2, 0.25) is 0 Å². The Morgan fingerprint density at radius 1 is 1.43 bits per heavy atom. The van der Waals surface area contributed by atoms with E-state index in [1.807, 2.05) is 17.5 Å². The van der Waals surface area contributed by atoms with Gasteiger partial charge < -0.3 is 5.32 Å². The molecule has 3 rings (SSSR count). The van der Waals surface area contributed by atoms with Gasteiger partial charge in [-0.3, -0.25) is 4.68 Å². The molecule has 0 fully saturated rings. The lowest BCUT2D eigenvalue weighted by molar-refractivity contribution is 0.524. The van der Waals surface area contributed by atoms with E-state index in [1.165, 1.54) is 28.5 Å². The van der Waals surface area contributed by atoms with Crippen LogP contribution in [0.4, 0.5) is 0 Å². The standard InChI is InChI=1S/C16H23N3S2/c1-3-8-19-13(5-7-18-19)16(17-4-2)15-10-12-11-20-9-6-14(12)21-15/h5,7,10,16-17H,3-4,6,8-9,11H2,1-2H3. The molecular formula is C16H23N3S2. The van der Waals surface area contributed by atoms with Crippen molar-refractivity contribution in [1.82, 2.24) is 15.1 Å². The van der Waals surface area contributed by atoms with Crippen molar-refractivity contribution >= 4 is 23.1 Å². The summed E-state index contributed by atoms with van der Waals surface area (Å²) >= 11 is 4.04. The Labute approximate surface area is 135 Å². The summed E-state index contributed by atoms with van der Waals surface area (Å²) in [5.74, 6) is 2.45. The van der Waals surface area contributed by atoms with Gasteiger partial charge >= 0.3 is 0 Å². The van der Waals surface area contributed by atoms with Crippen LogP contribution in [0.15, 0.2) is 18.3 Å². The van der Waals surface area contributed by atoms with Gasteiger partial charge in [-0.1, -0.05) is 13.8 Å². The van der Waals surface area contributed by atoms with Crippen molar-refractivity contribution < 1.29 is 0 Å². The van der Waals surface area contributed by atoms with Gasteiger partial charge in [0.05, 0.1) is 11.7 Å². The molecule has 0 saturated heterocycles. The number of thioether (sulfide) groups is 1. The van der Waals surface area contributed by atoms with E-state index < -0.39 is 0 Å². The maximum absolute atomic E-state index is 4.49. The normalized spacial score (nSPS) is 15.9. The van der Waals surface area contributed by atoms with Crippen molar-refractivity contribution in [2.75, 3.05) is 12.3 Å². The molecule has 5 heteroatoms. The van der Waals surface area contributed by atoms with E-state index in [0.717, 1.165) is 19.5 Å². The van der Waals surface area contributed by atoms with E-state index in [0.29, 0.717) is 0 Å². The molecule has 3 heterocycles. The Morgan fingerprint density at radius 2 is 2.33 bits per heavy atom. The number of rotatable bonds is 6. The second kappa shape index (κ2) is 6.99. The molecule has 0 amide bonds. The first-order valence-corrected chi connectivity index (χ1v) is 9.75. The molecule has 0 bridgehead atoms. The molecule has 3 nitrogen and oxygen atoms in total.